The van der Waals surface area contributed by atoms with E-state index in [0.717, 1.165) is 5.56 Å². The fourth-order valence-corrected chi connectivity index (χ4v) is 5.87. The molecule has 2 aromatic carbocycles. The quantitative estimate of drug-likeness (QED) is 0.548. The Morgan fingerprint density at radius 2 is 1.81 bits per heavy atom. The van der Waals surface area contributed by atoms with Gasteiger partial charge in [-0.15, -0.1) is 0 Å². The molecule has 168 valence electrons. The zero-order valence-electron chi connectivity index (χ0n) is 17.1. The van der Waals surface area contributed by atoms with Crippen LogP contribution in [-0.2, 0) is 31.9 Å². The lowest BCUT2D eigenvalue weighted by Gasteiger charge is -2.31. The molecule has 1 amide bonds. The van der Waals surface area contributed by atoms with E-state index in [2.05, 4.69) is 5.32 Å². The number of carbonyl (C=O) groups is 1. The number of halogens is 2. The first-order valence-corrected chi connectivity index (χ1v) is 12.5. The van der Waals surface area contributed by atoms with Crippen molar-refractivity contribution in [3.63, 3.8) is 0 Å². The van der Waals surface area contributed by atoms with E-state index in [-0.39, 0.29) is 24.1 Å². The number of ether oxygens (including phenoxy) is 1. The zero-order chi connectivity index (χ0) is 22.3. The second kappa shape index (κ2) is 11.3. The summed E-state index contributed by atoms with van der Waals surface area (Å²) in [6.45, 7) is 1.79. The Kier molecular flexibility index (Phi) is 8.75. The lowest BCUT2D eigenvalue weighted by Crippen LogP contribution is -2.46. The zero-order valence-corrected chi connectivity index (χ0v) is 19.4. The van der Waals surface area contributed by atoms with Crippen LogP contribution >= 0.6 is 23.2 Å². The van der Waals surface area contributed by atoms with Gasteiger partial charge in [0.05, 0.1) is 24.9 Å². The van der Waals surface area contributed by atoms with E-state index in [9.17, 15) is 13.2 Å². The van der Waals surface area contributed by atoms with Crippen molar-refractivity contribution in [1.29, 1.82) is 0 Å². The maximum Gasteiger partial charge on any atom is 0.224 e. The number of piperidine rings is 1. The van der Waals surface area contributed by atoms with Crippen LogP contribution in [0.5, 0.6) is 0 Å². The van der Waals surface area contributed by atoms with Gasteiger partial charge in [-0.3, -0.25) is 4.79 Å². The minimum absolute atomic E-state index is 0.154. The summed E-state index contributed by atoms with van der Waals surface area (Å²) in [4.78, 5) is 12.5. The van der Waals surface area contributed by atoms with Crippen molar-refractivity contribution in [3.05, 3.63) is 69.7 Å². The number of carbonyl (C=O) groups excluding carboxylic acids is 1. The predicted molar refractivity (Wildman–Crippen MR) is 122 cm³/mol. The molecule has 1 fully saturated rings. The second-order valence-electron chi connectivity index (χ2n) is 7.48. The highest BCUT2D eigenvalue weighted by atomic mass is 35.5. The van der Waals surface area contributed by atoms with Crippen LogP contribution in [0.1, 0.15) is 24.0 Å². The van der Waals surface area contributed by atoms with E-state index in [0.29, 0.717) is 54.8 Å². The van der Waals surface area contributed by atoms with Gasteiger partial charge in [-0.2, -0.15) is 0 Å². The number of benzene rings is 2. The lowest BCUT2D eigenvalue weighted by atomic mass is 9.99. The topological polar surface area (TPSA) is 75.7 Å². The highest BCUT2D eigenvalue weighted by Crippen LogP contribution is 2.29. The Morgan fingerprint density at radius 1 is 1.10 bits per heavy atom. The third kappa shape index (κ3) is 6.92. The van der Waals surface area contributed by atoms with Gasteiger partial charge in [-0.05, 0) is 30.5 Å². The molecular formula is C22H26Cl2N2O4S. The maximum atomic E-state index is 12.9. The Hall–Kier alpha value is -1.64. The van der Waals surface area contributed by atoms with Gasteiger partial charge in [0, 0.05) is 35.2 Å². The molecule has 0 unspecified atom stereocenters. The van der Waals surface area contributed by atoms with E-state index in [1.165, 1.54) is 4.31 Å². The van der Waals surface area contributed by atoms with Gasteiger partial charge in [0.1, 0.15) is 0 Å². The molecule has 0 bridgehead atoms. The van der Waals surface area contributed by atoms with E-state index >= 15 is 0 Å². The Labute approximate surface area is 193 Å². The van der Waals surface area contributed by atoms with Crippen molar-refractivity contribution in [2.45, 2.75) is 25.2 Å². The highest BCUT2D eigenvalue weighted by Gasteiger charge is 2.33. The van der Waals surface area contributed by atoms with E-state index in [1.54, 1.807) is 18.2 Å². The molecule has 0 aliphatic carbocycles. The SMILES string of the molecule is O=C(NCCOCc1ccccc1)[C@@H]1CCCN(S(=O)(=O)Cc2c(Cl)cccc2Cl)C1. The summed E-state index contributed by atoms with van der Waals surface area (Å²) in [6, 6.07) is 14.7. The molecule has 0 spiro atoms. The van der Waals surface area contributed by atoms with Crippen molar-refractivity contribution < 1.29 is 17.9 Å². The molecule has 31 heavy (non-hydrogen) atoms. The van der Waals surface area contributed by atoms with Crippen molar-refractivity contribution in [2.24, 2.45) is 5.92 Å². The standard InChI is InChI=1S/C22H26Cl2N2O4S/c23-20-9-4-10-21(24)19(20)16-31(28,29)26-12-5-8-18(14-26)22(27)25-11-13-30-15-17-6-2-1-3-7-17/h1-4,6-7,9-10,18H,5,8,11-16H2,(H,25,27)/t18-/m1/s1. The fraction of sp³-hybridized carbons (Fsp3) is 0.409. The van der Waals surface area contributed by atoms with E-state index < -0.39 is 10.0 Å². The molecule has 3 rings (SSSR count). The van der Waals surface area contributed by atoms with Gasteiger partial charge in [-0.1, -0.05) is 59.6 Å². The molecule has 1 saturated heterocycles. The van der Waals surface area contributed by atoms with Gasteiger partial charge in [0.2, 0.25) is 15.9 Å². The monoisotopic (exact) mass is 484 g/mol. The first kappa shape index (κ1) is 24.0. The van der Waals surface area contributed by atoms with E-state index in [4.69, 9.17) is 27.9 Å². The summed E-state index contributed by atoms with van der Waals surface area (Å²) < 4.78 is 32.8. The van der Waals surface area contributed by atoms with Gasteiger partial charge in [0.25, 0.3) is 0 Å². The molecule has 1 aliphatic rings. The molecule has 0 aromatic heterocycles. The van der Waals surface area contributed by atoms with Crippen molar-refractivity contribution in [1.82, 2.24) is 9.62 Å². The number of nitrogens with one attached hydrogen (secondary N) is 1. The van der Waals surface area contributed by atoms with Gasteiger partial charge >= 0.3 is 0 Å². The van der Waals surface area contributed by atoms with Crippen LogP contribution in [0.15, 0.2) is 48.5 Å². The minimum Gasteiger partial charge on any atom is -0.375 e. The Balaban J connectivity index is 1.48. The Morgan fingerprint density at radius 3 is 2.52 bits per heavy atom. The minimum atomic E-state index is -3.65. The largest absolute Gasteiger partial charge is 0.375 e. The van der Waals surface area contributed by atoms with Crippen LogP contribution in [0.25, 0.3) is 0 Å². The molecule has 1 aliphatic heterocycles. The summed E-state index contributed by atoms with van der Waals surface area (Å²) in [5, 5.41) is 3.49. The Bertz CT molecular complexity index is 966. The number of sulfonamides is 1. The van der Waals surface area contributed by atoms with Crippen LogP contribution in [0.2, 0.25) is 10.0 Å². The van der Waals surface area contributed by atoms with Crippen LogP contribution in [0.3, 0.4) is 0 Å². The first-order chi connectivity index (χ1) is 14.9. The first-order valence-electron chi connectivity index (χ1n) is 10.2. The van der Waals surface area contributed by atoms with Crippen LogP contribution < -0.4 is 5.32 Å². The average molecular weight is 485 g/mol. The molecule has 1 atom stereocenters. The summed E-state index contributed by atoms with van der Waals surface area (Å²) in [5.41, 5.74) is 1.45. The van der Waals surface area contributed by atoms with Gasteiger partial charge in [0.15, 0.2) is 0 Å². The normalized spacial score (nSPS) is 17.4. The summed E-state index contributed by atoms with van der Waals surface area (Å²) >= 11 is 12.3. The average Bonchev–Trinajstić information content (AvgIpc) is 2.77. The molecule has 6 nitrogen and oxygen atoms in total. The molecule has 9 heteroatoms. The lowest BCUT2D eigenvalue weighted by molar-refractivity contribution is -0.126. The number of amides is 1. The highest BCUT2D eigenvalue weighted by molar-refractivity contribution is 7.88. The van der Waals surface area contributed by atoms with Gasteiger partial charge in [-0.25, -0.2) is 12.7 Å². The summed E-state index contributed by atoms with van der Waals surface area (Å²) in [6.07, 6.45) is 1.27. The number of hydrogen-bond acceptors (Lipinski definition) is 4. The fourth-order valence-electron chi connectivity index (χ4n) is 3.51. The van der Waals surface area contributed by atoms with Crippen LogP contribution in [0.4, 0.5) is 0 Å². The number of rotatable bonds is 9. The molecule has 1 heterocycles. The third-order valence-corrected chi connectivity index (χ3v) is 7.67. The molecule has 0 radical (unpaired) electrons. The van der Waals surface area contributed by atoms with Crippen LogP contribution in [-0.4, -0.2) is 44.9 Å². The molecule has 1 N–H and O–H groups in total. The smallest absolute Gasteiger partial charge is 0.224 e. The van der Waals surface area contributed by atoms with Gasteiger partial charge < -0.3 is 10.1 Å². The molecule has 2 aromatic rings. The van der Waals surface area contributed by atoms with Crippen LogP contribution in [0, 0.1) is 5.92 Å². The second-order valence-corrected chi connectivity index (χ2v) is 10.3. The van der Waals surface area contributed by atoms with Crippen molar-refractivity contribution >= 4 is 39.1 Å². The summed E-state index contributed by atoms with van der Waals surface area (Å²) in [7, 11) is -3.65. The van der Waals surface area contributed by atoms with Crippen molar-refractivity contribution in [3.8, 4) is 0 Å². The maximum absolute atomic E-state index is 12.9. The van der Waals surface area contributed by atoms with E-state index in [1.807, 2.05) is 30.3 Å². The number of nitrogens with zero attached hydrogens (tertiary/aromatic N) is 1. The summed E-state index contributed by atoms with van der Waals surface area (Å²) in [5.74, 6) is -0.828. The molecular weight excluding hydrogens is 459 g/mol. The molecule has 0 saturated carbocycles. The third-order valence-electron chi connectivity index (χ3n) is 5.19. The predicted octanol–water partition coefficient (Wildman–Crippen LogP) is 3.87. The number of hydrogen-bond donors (Lipinski definition) is 1. The van der Waals surface area contributed by atoms with Crippen molar-refractivity contribution in [2.75, 3.05) is 26.2 Å².